The van der Waals surface area contributed by atoms with Crippen molar-refractivity contribution >= 4 is 0 Å². The molecule has 2 aliphatic heterocycles. The molecule has 2 heteroatoms. The summed E-state index contributed by atoms with van der Waals surface area (Å²) in [6.07, 6.45) is 6.01. The van der Waals surface area contributed by atoms with Crippen LogP contribution in [0.4, 0.5) is 0 Å². The Morgan fingerprint density at radius 3 is 2.75 bits per heavy atom. The van der Waals surface area contributed by atoms with Crippen LogP contribution in [-0.2, 0) is 9.47 Å². The molecule has 2 nitrogen and oxygen atoms in total. The third kappa shape index (κ3) is 1.99. The summed E-state index contributed by atoms with van der Waals surface area (Å²) in [5.41, 5.74) is 0. The lowest BCUT2D eigenvalue weighted by Crippen LogP contribution is -2.14. The van der Waals surface area contributed by atoms with Crippen molar-refractivity contribution in [1.82, 2.24) is 0 Å². The van der Waals surface area contributed by atoms with E-state index in [-0.39, 0.29) is 0 Å². The van der Waals surface area contributed by atoms with Gasteiger partial charge in [-0.15, -0.1) is 0 Å². The zero-order valence-electron chi connectivity index (χ0n) is 7.79. The highest BCUT2D eigenvalue weighted by Crippen LogP contribution is 2.27. The van der Waals surface area contributed by atoms with Crippen LogP contribution in [0.15, 0.2) is 0 Å². The second-order valence-electron chi connectivity index (χ2n) is 4.11. The largest absolute Gasteiger partial charge is 0.381 e. The summed E-state index contributed by atoms with van der Waals surface area (Å²) in [7, 11) is 0. The zero-order chi connectivity index (χ0) is 8.39. The molecule has 70 valence electrons. The van der Waals surface area contributed by atoms with Crippen molar-refractivity contribution in [2.45, 2.75) is 44.8 Å². The van der Waals surface area contributed by atoms with Crippen molar-refractivity contribution in [3.63, 3.8) is 0 Å². The van der Waals surface area contributed by atoms with Crippen LogP contribution < -0.4 is 0 Å². The molecule has 0 saturated carbocycles. The highest BCUT2D eigenvalue weighted by molar-refractivity contribution is 4.75. The van der Waals surface area contributed by atoms with Gasteiger partial charge in [-0.1, -0.05) is 0 Å². The van der Waals surface area contributed by atoms with Crippen LogP contribution in [0.1, 0.15) is 32.6 Å². The Labute approximate surface area is 74.2 Å². The van der Waals surface area contributed by atoms with E-state index in [1.54, 1.807) is 0 Å². The Bertz CT molecular complexity index is 141. The molecule has 2 rings (SSSR count). The maximum Gasteiger partial charge on any atom is 0.0583 e. The first-order valence-corrected chi connectivity index (χ1v) is 5.08. The summed E-state index contributed by atoms with van der Waals surface area (Å²) in [6.45, 7) is 4.10. The highest BCUT2D eigenvalue weighted by Gasteiger charge is 2.26. The standard InChI is InChI=1S/C10H18O2/c1-8-2-3-10(12-8)6-9-4-5-11-7-9/h8-10H,2-7H2,1H3/t8-,9?,10?/m1/s1. The number of rotatable bonds is 2. The molecule has 0 spiro atoms. The topological polar surface area (TPSA) is 18.5 Å². The molecule has 3 atom stereocenters. The third-order valence-electron chi connectivity index (χ3n) is 2.94. The van der Waals surface area contributed by atoms with Crippen molar-refractivity contribution < 1.29 is 9.47 Å². The van der Waals surface area contributed by atoms with E-state index in [4.69, 9.17) is 9.47 Å². The van der Waals surface area contributed by atoms with Crippen molar-refractivity contribution in [1.29, 1.82) is 0 Å². The molecule has 0 aromatic heterocycles. The summed E-state index contributed by atoms with van der Waals surface area (Å²) in [4.78, 5) is 0. The van der Waals surface area contributed by atoms with E-state index in [1.165, 1.54) is 25.7 Å². The van der Waals surface area contributed by atoms with Gasteiger partial charge >= 0.3 is 0 Å². The molecule has 0 aromatic carbocycles. The van der Waals surface area contributed by atoms with Gasteiger partial charge in [-0.05, 0) is 38.5 Å². The molecule has 0 aromatic rings. The summed E-state index contributed by atoms with van der Waals surface area (Å²) >= 11 is 0. The van der Waals surface area contributed by atoms with Crippen LogP contribution in [0.25, 0.3) is 0 Å². The smallest absolute Gasteiger partial charge is 0.0583 e. The second-order valence-corrected chi connectivity index (χ2v) is 4.11. The van der Waals surface area contributed by atoms with Crippen molar-refractivity contribution in [2.24, 2.45) is 5.92 Å². The average Bonchev–Trinajstić information content (AvgIpc) is 2.63. The summed E-state index contributed by atoms with van der Waals surface area (Å²) < 4.78 is 11.1. The van der Waals surface area contributed by atoms with Gasteiger partial charge in [0.15, 0.2) is 0 Å². The molecule has 0 N–H and O–H groups in total. The minimum Gasteiger partial charge on any atom is -0.381 e. The molecule has 2 saturated heterocycles. The molecular weight excluding hydrogens is 152 g/mol. The lowest BCUT2D eigenvalue weighted by atomic mass is 9.99. The van der Waals surface area contributed by atoms with E-state index in [2.05, 4.69) is 6.92 Å². The molecule has 2 fully saturated rings. The van der Waals surface area contributed by atoms with Gasteiger partial charge in [-0.2, -0.15) is 0 Å². The van der Waals surface area contributed by atoms with Crippen molar-refractivity contribution in [3.8, 4) is 0 Å². The molecular formula is C10H18O2. The fourth-order valence-corrected chi connectivity index (χ4v) is 2.20. The lowest BCUT2D eigenvalue weighted by Gasteiger charge is -2.14. The van der Waals surface area contributed by atoms with Crippen LogP contribution in [0, 0.1) is 5.92 Å². The normalized spacial score (nSPS) is 42.2. The Balaban J connectivity index is 1.72. The maximum atomic E-state index is 5.77. The van der Waals surface area contributed by atoms with E-state index in [1.807, 2.05) is 0 Å². The van der Waals surface area contributed by atoms with Crippen LogP contribution in [0.5, 0.6) is 0 Å². The van der Waals surface area contributed by atoms with E-state index in [0.29, 0.717) is 12.2 Å². The fourth-order valence-electron chi connectivity index (χ4n) is 2.20. The van der Waals surface area contributed by atoms with E-state index in [0.717, 1.165) is 19.1 Å². The van der Waals surface area contributed by atoms with Crippen LogP contribution in [0.2, 0.25) is 0 Å². The number of ether oxygens (including phenoxy) is 2. The Morgan fingerprint density at radius 2 is 2.17 bits per heavy atom. The monoisotopic (exact) mass is 170 g/mol. The summed E-state index contributed by atoms with van der Waals surface area (Å²) in [6, 6.07) is 0. The first-order valence-electron chi connectivity index (χ1n) is 5.08. The molecule has 0 radical (unpaired) electrons. The minimum absolute atomic E-state index is 0.498. The number of hydrogen-bond donors (Lipinski definition) is 0. The lowest BCUT2D eigenvalue weighted by molar-refractivity contribution is 0.0393. The predicted molar refractivity (Wildman–Crippen MR) is 47.1 cm³/mol. The zero-order valence-corrected chi connectivity index (χ0v) is 7.79. The maximum absolute atomic E-state index is 5.77. The first-order chi connectivity index (χ1) is 5.84. The van der Waals surface area contributed by atoms with E-state index < -0.39 is 0 Å². The van der Waals surface area contributed by atoms with Gasteiger partial charge in [-0.25, -0.2) is 0 Å². The Morgan fingerprint density at radius 1 is 1.25 bits per heavy atom. The van der Waals surface area contributed by atoms with Gasteiger partial charge in [0.1, 0.15) is 0 Å². The highest BCUT2D eigenvalue weighted by atomic mass is 16.5. The quantitative estimate of drug-likeness (QED) is 0.631. The van der Waals surface area contributed by atoms with Gasteiger partial charge in [-0.3, -0.25) is 0 Å². The van der Waals surface area contributed by atoms with Crippen LogP contribution in [0.3, 0.4) is 0 Å². The molecule has 0 aliphatic carbocycles. The van der Waals surface area contributed by atoms with Crippen molar-refractivity contribution in [2.75, 3.05) is 13.2 Å². The van der Waals surface area contributed by atoms with Gasteiger partial charge < -0.3 is 9.47 Å². The molecule has 2 aliphatic rings. The van der Waals surface area contributed by atoms with Gasteiger partial charge in [0, 0.05) is 13.2 Å². The predicted octanol–water partition coefficient (Wildman–Crippen LogP) is 1.98. The van der Waals surface area contributed by atoms with Crippen LogP contribution >= 0.6 is 0 Å². The molecule has 0 bridgehead atoms. The molecule has 2 unspecified atom stereocenters. The first kappa shape index (κ1) is 8.52. The fraction of sp³-hybridized carbons (Fsp3) is 1.00. The van der Waals surface area contributed by atoms with Crippen LogP contribution in [-0.4, -0.2) is 25.4 Å². The Kier molecular flexibility index (Phi) is 2.66. The van der Waals surface area contributed by atoms with Gasteiger partial charge in [0.05, 0.1) is 12.2 Å². The summed E-state index contributed by atoms with van der Waals surface area (Å²) in [5.74, 6) is 0.778. The molecule has 2 heterocycles. The van der Waals surface area contributed by atoms with E-state index >= 15 is 0 Å². The minimum atomic E-state index is 0.498. The van der Waals surface area contributed by atoms with Gasteiger partial charge in [0.25, 0.3) is 0 Å². The SMILES string of the molecule is C[C@@H]1CCC(CC2CCOC2)O1. The second kappa shape index (κ2) is 3.75. The van der Waals surface area contributed by atoms with E-state index in [9.17, 15) is 0 Å². The summed E-state index contributed by atoms with van der Waals surface area (Å²) in [5, 5.41) is 0. The molecule has 12 heavy (non-hydrogen) atoms. The average molecular weight is 170 g/mol. The molecule has 0 amide bonds. The third-order valence-corrected chi connectivity index (χ3v) is 2.94. The van der Waals surface area contributed by atoms with Crippen molar-refractivity contribution in [3.05, 3.63) is 0 Å². The number of hydrogen-bond acceptors (Lipinski definition) is 2. The Hall–Kier alpha value is -0.0800. The van der Waals surface area contributed by atoms with Gasteiger partial charge in [0.2, 0.25) is 0 Å².